The average molecular weight is 529 g/mol. The normalized spacial score (nSPS) is 27.2. The largest absolute Gasteiger partial charge is 0.464 e. The minimum absolute atomic E-state index is 0.0830. The summed E-state index contributed by atoms with van der Waals surface area (Å²) >= 11 is 0. The number of amides is 1. The molecule has 2 aromatic carbocycles. The van der Waals surface area contributed by atoms with Gasteiger partial charge < -0.3 is 50.6 Å². The number of aliphatic hydroxyl groups is 4. The molecule has 202 valence electrons. The Balaban J connectivity index is 1.77. The van der Waals surface area contributed by atoms with Crippen LogP contribution in [-0.2, 0) is 19.1 Å². The number of anilines is 1. The van der Waals surface area contributed by atoms with Crippen molar-refractivity contribution in [1.29, 1.82) is 5.41 Å². The molecule has 0 spiro atoms. The molecule has 2 aromatic rings. The molecule has 6 atom stereocenters. The third-order valence-corrected chi connectivity index (χ3v) is 6.22. The molecule has 0 bridgehead atoms. The maximum atomic E-state index is 13.4. The molecule has 2 aliphatic heterocycles. The van der Waals surface area contributed by atoms with Crippen LogP contribution in [0.15, 0.2) is 60.4 Å². The van der Waals surface area contributed by atoms with Gasteiger partial charge in [0.15, 0.2) is 0 Å². The van der Waals surface area contributed by atoms with Crippen LogP contribution in [0.5, 0.6) is 5.75 Å². The van der Waals surface area contributed by atoms with Crippen molar-refractivity contribution in [2.45, 2.75) is 36.7 Å². The van der Waals surface area contributed by atoms with Gasteiger partial charge in [0, 0.05) is 23.0 Å². The van der Waals surface area contributed by atoms with E-state index in [2.05, 4.69) is 5.32 Å². The van der Waals surface area contributed by atoms with Crippen LogP contribution in [-0.4, -0.2) is 82.6 Å². The van der Waals surface area contributed by atoms with E-state index in [4.69, 9.17) is 25.4 Å². The van der Waals surface area contributed by atoms with E-state index >= 15 is 0 Å². The number of ether oxygens (including phenoxy) is 3. The van der Waals surface area contributed by atoms with Crippen LogP contribution in [0.4, 0.5) is 5.69 Å². The molecule has 0 aliphatic carbocycles. The van der Waals surface area contributed by atoms with E-state index in [1.807, 2.05) is 0 Å². The second kappa shape index (κ2) is 11.2. The van der Waals surface area contributed by atoms with Crippen molar-refractivity contribution in [1.82, 2.24) is 5.32 Å². The molecule has 1 amide bonds. The molecule has 0 saturated carbocycles. The number of carbonyl (C=O) groups excluding carboxylic acids is 2. The van der Waals surface area contributed by atoms with Crippen molar-refractivity contribution >= 4 is 23.4 Å². The Morgan fingerprint density at radius 1 is 1.13 bits per heavy atom. The van der Waals surface area contributed by atoms with Gasteiger partial charge in [-0.1, -0.05) is 30.3 Å². The highest BCUT2D eigenvalue weighted by molar-refractivity contribution is 6.01. The number of benzene rings is 2. The van der Waals surface area contributed by atoms with Gasteiger partial charge in [0.05, 0.1) is 13.7 Å². The zero-order valence-electron chi connectivity index (χ0n) is 20.2. The number of aliphatic hydroxyl groups excluding tert-OH is 4. The number of hydrogen-bond donors (Lipinski definition) is 7. The molecule has 0 radical (unpaired) electrons. The third kappa shape index (κ3) is 5.18. The topological polar surface area (TPSA) is 208 Å². The summed E-state index contributed by atoms with van der Waals surface area (Å²) in [6.07, 6.45) is -6.21. The van der Waals surface area contributed by atoms with Crippen LogP contribution in [0, 0.1) is 5.41 Å². The number of methoxy groups -OCH3 is 1. The lowest BCUT2D eigenvalue weighted by atomic mass is 9.98. The first kappa shape index (κ1) is 27.0. The lowest BCUT2D eigenvalue weighted by Gasteiger charge is -2.40. The van der Waals surface area contributed by atoms with Crippen LogP contribution in [0.2, 0.25) is 0 Å². The fraction of sp³-hybridized carbons (Fsp3) is 0.320. The van der Waals surface area contributed by atoms with Gasteiger partial charge in [-0.05, 0) is 18.2 Å². The van der Waals surface area contributed by atoms with E-state index in [1.165, 1.54) is 24.3 Å². The van der Waals surface area contributed by atoms with Crippen molar-refractivity contribution in [3.63, 3.8) is 0 Å². The van der Waals surface area contributed by atoms with E-state index in [0.29, 0.717) is 11.3 Å². The second-order valence-electron chi connectivity index (χ2n) is 8.65. The summed E-state index contributed by atoms with van der Waals surface area (Å²) in [5.41, 5.74) is 6.61. The van der Waals surface area contributed by atoms with Gasteiger partial charge in [0.2, 0.25) is 6.29 Å². The number of nitrogen functional groups attached to an aromatic ring is 1. The van der Waals surface area contributed by atoms with Gasteiger partial charge in [0.25, 0.3) is 5.91 Å². The van der Waals surface area contributed by atoms with Gasteiger partial charge >= 0.3 is 5.97 Å². The van der Waals surface area contributed by atoms with Gasteiger partial charge in [0.1, 0.15) is 47.7 Å². The number of rotatable bonds is 7. The highest BCUT2D eigenvalue weighted by atomic mass is 16.7. The highest BCUT2D eigenvalue weighted by Gasteiger charge is 2.45. The van der Waals surface area contributed by atoms with E-state index in [1.54, 1.807) is 42.5 Å². The summed E-state index contributed by atoms with van der Waals surface area (Å²) in [5.74, 6) is -1.52. The van der Waals surface area contributed by atoms with E-state index in [9.17, 15) is 30.0 Å². The van der Waals surface area contributed by atoms with Crippen molar-refractivity contribution in [2.24, 2.45) is 5.73 Å². The first-order valence-electron chi connectivity index (χ1n) is 11.6. The van der Waals surface area contributed by atoms with Crippen LogP contribution in [0.1, 0.15) is 17.2 Å². The number of esters is 1. The third-order valence-electron chi connectivity index (χ3n) is 6.22. The highest BCUT2D eigenvalue weighted by Crippen LogP contribution is 2.37. The van der Waals surface area contributed by atoms with Crippen LogP contribution >= 0.6 is 0 Å². The molecule has 1 saturated heterocycles. The number of carbonyl (C=O) groups is 2. The molecule has 13 heteroatoms. The van der Waals surface area contributed by atoms with Crippen molar-refractivity contribution in [2.75, 3.05) is 18.6 Å². The molecular formula is C25H28N4O9. The summed E-state index contributed by atoms with van der Waals surface area (Å²) in [6.45, 7) is -0.640. The van der Waals surface area contributed by atoms with E-state index < -0.39 is 55.2 Å². The Morgan fingerprint density at radius 2 is 1.87 bits per heavy atom. The summed E-state index contributed by atoms with van der Waals surface area (Å²) in [6, 6.07) is 11.7. The standard InChI is InChI=1S/C25H28N4O9/c1-36-24(35)15-10-29(13-6-4-5-12(9-13)22(26)27)18(23(34)28-15)14-7-2-3-8-16(14)37-25-21(33)20(32)19(31)17(11-30)38-25/h2-10,17-21,25,30-33H,11H2,1H3,(H3,26,27)(H,28,34). The zero-order valence-corrected chi connectivity index (χ0v) is 20.2. The molecule has 2 aliphatic rings. The molecule has 1 fully saturated rings. The predicted molar refractivity (Wildman–Crippen MR) is 132 cm³/mol. The van der Waals surface area contributed by atoms with Crippen molar-refractivity contribution < 1.29 is 44.2 Å². The minimum Gasteiger partial charge on any atom is -0.464 e. The minimum atomic E-state index is -1.67. The molecule has 2 heterocycles. The van der Waals surface area contributed by atoms with Crippen LogP contribution in [0.25, 0.3) is 0 Å². The fourth-order valence-corrected chi connectivity index (χ4v) is 4.24. The zero-order chi connectivity index (χ0) is 27.6. The Labute approximate surface area is 217 Å². The van der Waals surface area contributed by atoms with Gasteiger partial charge in [-0.15, -0.1) is 0 Å². The number of nitrogens with two attached hydrogens (primary N) is 1. The van der Waals surface area contributed by atoms with Gasteiger partial charge in [-0.25, -0.2) is 4.79 Å². The smallest absolute Gasteiger partial charge is 0.356 e. The summed E-state index contributed by atoms with van der Waals surface area (Å²) in [5, 5.41) is 50.5. The number of para-hydroxylation sites is 1. The lowest BCUT2D eigenvalue weighted by Crippen LogP contribution is -2.60. The number of nitrogens with one attached hydrogen (secondary N) is 2. The molecule has 6 unspecified atom stereocenters. The van der Waals surface area contributed by atoms with Gasteiger partial charge in [-0.3, -0.25) is 10.2 Å². The Bertz CT molecular complexity index is 1250. The summed E-state index contributed by atoms with van der Waals surface area (Å²) < 4.78 is 16.1. The summed E-state index contributed by atoms with van der Waals surface area (Å²) in [4.78, 5) is 27.2. The number of amidine groups is 1. The maximum absolute atomic E-state index is 13.4. The Morgan fingerprint density at radius 3 is 2.55 bits per heavy atom. The quantitative estimate of drug-likeness (QED) is 0.130. The van der Waals surface area contributed by atoms with Crippen LogP contribution in [0.3, 0.4) is 0 Å². The SMILES string of the molecule is COC(=O)C1=CN(c2cccc(C(=N)N)c2)C(c2ccccc2OC2OC(CO)C(O)C(O)C2O)C(=O)N1. The van der Waals surface area contributed by atoms with Crippen LogP contribution < -0.4 is 20.7 Å². The Hall–Kier alpha value is -4.01. The van der Waals surface area contributed by atoms with Gasteiger partial charge in [-0.2, -0.15) is 0 Å². The molecule has 8 N–H and O–H groups in total. The number of nitrogens with zero attached hydrogens (tertiary/aromatic N) is 1. The van der Waals surface area contributed by atoms with Crippen molar-refractivity contribution in [3.05, 3.63) is 71.6 Å². The van der Waals surface area contributed by atoms with E-state index in [-0.39, 0.29) is 22.8 Å². The molecule has 13 nitrogen and oxygen atoms in total. The van der Waals surface area contributed by atoms with Crippen molar-refractivity contribution in [3.8, 4) is 5.75 Å². The molecule has 38 heavy (non-hydrogen) atoms. The first-order valence-corrected chi connectivity index (χ1v) is 11.6. The molecule has 0 aromatic heterocycles. The number of hydrogen-bond acceptors (Lipinski definition) is 11. The Kier molecular flexibility index (Phi) is 7.94. The monoisotopic (exact) mass is 528 g/mol. The maximum Gasteiger partial charge on any atom is 0.356 e. The second-order valence-corrected chi connectivity index (χ2v) is 8.65. The first-order chi connectivity index (χ1) is 18.2. The summed E-state index contributed by atoms with van der Waals surface area (Å²) in [7, 11) is 1.17. The predicted octanol–water partition coefficient (Wildman–Crippen LogP) is -1.16. The average Bonchev–Trinajstić information content (AvgIpc) is 2.92. The molecular weight excluding hydrogens is 500 g/mol. The lowest BCUT2D eigenvalue weighted by molar-refractivity contribution is -0.277. The van der Waals surface area contributed by atoms with E-state index in [0.717, 1.165) is 0 Å². The molecule has 4 rings (SSSR count). The fourth-order valence-electron chi connectivity index (χ4n) is 4.24.